The lowest BCUT2D eigenvalue weighted by Crippen LogP contribution is -2.43. The van der Waals surface area contributed by atoms with E-state index < -0.39 is 37.1 Å². The lowest BCUT2D eigenvalue weighted by molar-refractivity contribution is -0.153. The van der Waals surface area contributed by atoms with E-state index in [1.165, 1.54) is 7.11 Å². The lowest BCUT2D eigenvalue weighted by Gasteiger charge is -2.14. The fourth-order valence-electron chi connectivity index (χ4n) is 1.58. The molecule has 0 spiro atoms. The third-order valence-corrected chi connectivity index (χ3v) is 2.62. The summed E-state index contributed by atoms with van der Waals surface area (Å²) in [4.78, 5) is 22.9. The summed E-state index contributed by atoms with van der Waals surface area (Å²) in [6, 6.07) is 2.02. The first-order chi connectivity index (χ1) is 11.7. The minimum absolute atomic E-state index is 0.154. The molecule has 1 aromatic carbocycles. The number of halogens is 4. The number of carbonyl (C=O) groups is 2. The Morgan fingerprint density at radius 2 is 1.96 bits per heavy atom. The number of anilines is 1. The van der Waals surface area contributed by atoms with Crippen molar-refractivity contribution in [2.24, 2.45) is 0 Å². The fraction of sp³-hybridized carbons (Fsp3) is 0.429. The first-order valence-corrected chi connectivity index (χ1v) is 7.01. The van der Waals surface area contributed by atoms with Gasteiger partial charge in [0.15, 0.2) is 6.61 Å². The molecule has 140 valence electrons. The molecule has 25 heavy (non-hydrogen) atoms. The molecule has 0 aliphatic carbocycles. The molecule has 7 nitrogen and oxygen atoms in total. The van der Waals surface area contributed by atoms with Gasteiger partial charge >= 0.3 is 12.2 Å². The number of carbonyl (C=O) groups excluding carboxylic acids is 2. The van der Waals surface area contributed by atoms with E-state index in [9.17, 15) is 27.2 Å². The van der Waals surface area contributed by atoms with Gasteiger partial charge in [-0.05, 0) is 12.1 Å². The summed E-state index contributed by atoms with van der Waals surface area (Å²) in [5.74, 6) is -1.79. The average molecular weight is 367 g/mol. The third-order valence-electron chi connectivity index (χ3n) is 2.62. The number of benzene rings is 1. The van der Waals surface area contributed by atoms with Crippen LogP contribution in [0.4, 0.5) is 28.0 Å². The largest absolute Gasteiger partial charge is 0.482 e. The van der Waals surface area contributed by atoms with Crippen molar-refractivity contribution in [1.29, 1.82) is 0 Å². The van der Waals surface area contributed by atoms with Crippen LogP contribution in [-0.2, 0) is 9.53 Å². The average Bonchev–Trinajstić information content (AvgIpc) is 2.51. The van der Waals surface area contributed by atoms with E-state index in [-0.39, 0.29) is 24.6 Å². The van der Waals surface area contributed by atoms with E-state index in [0.717, 1.165) is 18.2 Å². The van der Waals surface area contributed by atoms with E-state index in [2.05, 4.69) is 15.4 Å². The van der Waals surface area contributed by atoms with Crippen LogP contribution in [0.5, 0.6) is 5.75 Å². The molecule has 0 heterocycles. The van der Waals surface area contributed by atoms with Crippen LogP contribution in [-0.4, -0.2) is 51.5 Å². The smallest absolute Gasteiger partial charge is 0.422 e. The highest BCUT2D eigenvalue weighted by Gasteiger charge is 2.29. The molecule has 0 unspecified atom stereocenters. The SMILES string of the molecule is COCCNC(=O)NC(=O)CNc1cc(F)ccc1OCC(F)(F)F. The summed E-state index contributed by atoms with van der Waals surface area (Å²) < 4.78 is 59.1. The van der Waals surface area contributed by atoms with Gasteiger partial charge in [0.25, 0.3) is 0 Å². The molecule has 0 aliphatic heterocycles. The topological polar surface area (TPSA) is 88.7 Å². The molecule has 1 rings (SSSR count). The monoisotopic (exact) mass is 367 g/mol. The maximum Gasteiger partial charge on any atom is 0.422 e. The zero-order valence-corrected chi connectivity index (χ0v) is 13.2. The quantitative estimate of drug-likeness (QED) is 0.480. The Morgan fingerprint density at radius 3 is 2.60 bits per heavy atom. The third kappa shape index (κ3) is 8.74. The van der Waals surface area contributed by atoms with Crippen molar-refractivity contribution in [1.82, 2.24) is 10.6 Å². The Morgan fingerprint density at radius 1 is 1.24 bits per heavy atom. The standard InChI is InChI=1S/C14H17F4N3O4/c1-24-5-4-19-13(23)21-12(22)7-20-10-6-9(15)2-3-11(10)25-8-14(16,17)18/h2-3,6,20H,4-5,7-8H2,1H3,(H2,19,21,22,23). The normalized spacial score (nSPS) is 10.9. The van der Waals surface area contributed by atoms with Gasteiger partial charge in [-0.1, -0.05) is 0 Å². The van der Waals surface area contributed by atoms with Gasteiger partial charge in [0.05, 0.1) is 18.8 Å². The molecule has 0 saturated carbocycles. The van der Waals surface area contributed by atoms with Crippen molar-refractivity contribution in [3.05, 3.63) is 24.0 Å². The Labute approximate surface area is 140 Å². The predicted molar refractivity (Wildman–Crippen MR) is 79.9 cm³/mol. The highest BCUT2D eigenvalue weighted by Crippen LogP contribution is 2.27. The number of hydrogen-bond acceptors (Lipinski definition) is 5. The van der Waals surface area contributed by atoms with Crippen LogP contribution in [0.15, 0.2) is 18.2 Å². The van der Waals surface area contributed by atoms with Crippen molar-refractivity contribution in [2.45, 2.75) is 6.18 Å². The number of imide groups is 1. The van der Waals surface area contributed by atoms with Gasteiger partial charge in [-0.15, -0.1) is 0 Å². The van der Waals surface area contributed by atoms with Crippen molar-refractivity contribution >= 4 is 17.6 Å². The summed E-state index contributed by atoms with van der Waals surface area (Å²) in [7, 11) is 1.44. The van der Waals surface area contributed by atoms with Crippen LogP contribution in [0, 0.1) is 5.82 Å². The molecule has 11 heteroatoms. The van der Waals surface area contributed by atoms with Gasteiger partial charge in [0, 0.05) is 19.7 Å². The minimum atomic E-state index is -4.57. The number of amides is 3. The van der Waals surface area contributed by atoms with Gasteiger partial charge in [0.1, 0.15) is 11.6 Å². The maximum atomic E-state index is 13.2. The highest BCUT2D eigenvalue weighted by molar-refractivity contribution is 5.96. The summed E-state index contributed by atoms with van der Waals surface area (Å²) in [6.07, 6.45) is -4.57. The second-order valence-electron chi connectivity index (χ2n) is 4.69. The van der Waals surface area contributed by atoms with E-state index >= 15 is 0 Å². The summed E-state index contributed by atoms with van der Waals surface area (Å²) in [5.41, 5.74) is -0.154. The molecular formula is C14H17F4N3O4. The number of methoxy groups -OCH3 is 1. The highest BCUT2D eigenvalue weighted by atomic mass is 19.4. The molecule has 3 amide bonds. The fourth-order valence-corrected chi connectivity index (χ4v) is 1.58. The summed E-state index contributed by atoms with van der Waals surface area (Å²) >= 11 is 0. The van der Waals surface area contributed by atoms with Gasteiger partial charge < -0.3 is 20.1 Å². The van der Waals surface area contributed by atoms with Crippen LogP contribution in [0.2, 0.25) is 0 Å². The molecule has 0 saturated heterocycles. The number of urea groups is 1. The van der Waals surface area contributed by atoms with Crippen molar-refractivity contribution in [2.75, 3.05) is 38.7 Å². The van der Waals surface area contributed by atoms with E-state index in [4.69, 9.17) is 4.74 Å². The van der Waals surface area contributed by atoms with E-state index in [1.54, 1.807) is 0 Å². The number of hydrogen-bond donors (Lipinski definition) is 3. The van der Waals surface area contributed by atoms with Crippen molar-refractivity contribution < 1.29 is 36.6 Å². The summed E-state index contributed by atoms with van der Waals surface area (Å²) in [5, 5.41) is 6.73. The van der Waals surface area contributed by atoms with E-state index in [1.807, 2.05) is 5.32 Å². The molecule has 0 aliphatic rings. The minimum Gasteiger partial charge on any atom is -0.482 e. The van der Waals surface area contributed by atoms with Crippen LogP contribution >= 0.6 is 0 Å². The zero-order valence-electron chi connectivity index (χ0n) is 13.2. The van der Waals surface area contributed by atoms with Crippen LogP contribution in [0.25, 0.3) is 0 Å². The van der Waals surface area contributed by atoms with Gasteiger partial charge in [-0.3, -0.25) is 10.1 Å². The maximum absolute atomic E-state index is 13.2. The van der Waals surface area contributed by atoms with Crippen LogP contribution in [0.3, 0.4) is 0 Å². The Hall–Kier alpha value is -2.56. The number of rotatable bonds is 8. The summed E-state index contributed by atoms with van der Waals surface area (Å²) in [6.45, 7) is -1.61. The molecular weight excluding hydrogens is 350 g/mol. The van der Waals surface area contributed by atoms with E-state index in [0.29, 0.717) is 0 Å². The number of alkyl halides is 3. The second kappa shape index (κ2) is 9.67. The molecule has 0 radical (unpaired) electrons. The van der Waals surface area contributed by atoms with Crippen LogP contribution < -0.4 is 20.7 Å². The zero-order chi connectivity index (χ0) is 18.9. The van der Waals surface area contributed by atoms with Crippen molar-refractivity contribution in [3.8, 4) is 5.75 Å². The molecule has 3 N–H and O–H groups in total. The number of nitrogens with one attached hydrogen (secondary N) is 3. The number of ether oxygens (including phenoxy) is 2. The second-order valence-corrected chi connectivity index (χ2v) is 4.69. The van der Waals surface area contributed by atoms with Crippen LogP contribution in [0.1, 0.15) is 0 Å². The lowest BCUT2D eigenvalue weighted by atomic mass is 10.2. The molecule has 1 aromatic rings. The van der Waals surface area contributed by atoms with Gasteiger partial charge in [0.2, 0.25) is 5.91 Å². The molecule has 0 aromatic heterocycles. The Bertz CT molecular complexity index is 596. The molecule has 0 atom stereocenters. The Kier molecular flexibility index (Phi) is 7.92. The Balaban J connectivity index is 2.56. The van der Waals surface area contributed by atoms with Crippen molar-refractivity contribution in [3.63, 3.8) is 0 Å². The predicted octanol–water partition coefficient (Wildman–Crippen LogP) is 1.65. The molecule has 0 fully saturated rings. The van der Waals surface area contributed by atoms with Gasteiger partial charge in [-0.2, -0.15) is 13.2 Å². The van der Waals surface area contributed by atoms with Gasteiger partial charge in [-0.25, -0.2) is 9.18 Å². The first kappa shape index (κ1) is 20.5. The first-order valence-electron chi connectivity index (χ1n) is 7.01. The molecule has 0 bridgehead atoms.